The topological polar surface area (TPSA) is 90.7 Å². The number of ketones is 1. The van der Waals surface area contributed by atoms with Crippen LogP contribution in [0.25, 0.3) is 0 Å². The van der Waals surface area contributed by atoms with Gasteiger partial charge in [0.15, 0.2) is 18.2 Å². The third-order valence-corrected chi connectivity index (χ3v) is 5.09. The number of hydrogen-bond acceptors (Lipinski definition) is 6. The number of benzene rings is 1. The summed E-state index contributed by atoms with van der Waals surface area (Å²) in [6.07, 6.45) is 5.61. The number of carbonyl (C=O) groups is 2. The number of anilines is 1. The Balaban J connectivity index is 1.42. The summed E-state index contributed by atoms with van der Waals surface area (Å²) in [5, 5.41) is 6.30. The van der Waals surface area contributed by atoms with Gasteiger partial charge in [-0.3, -0.25) is 9.59 Å². The van der Waals surface area contributed by atoms with Crippen molar-refractivity contribution >= 4 is 17.5 Å². The van der Waals surface area contributed by atoms with Gasteiger partial charge in [-0.15, -0.1) is 0 Å². The van der Waals surface area contributed by atoms with E-state index in [0.29, 0.717) is 35.1 Å². The maximum Gasteiger partial charge on any atom is 0.263 e. The van der Waals surface area contributed by atoms with Crippen LogP contribution in [0.3, 0.4) is 0 Å². The van der Waals surface area contributed by atoms with Crippen LogP contribution in [0.15, 0.2) is 28.8 Å². The maximum absolute atomic E-state index is 12.5. The van der Waals surface area contributed by atoms with Crippen LogP contribution >= 0.6 is 0 Å². The Morgan fingerprint density at radius 3 is 2.81 bits per heavy atom. The van der Waals surface area contributed by atoms with Crippen molar-refractivity contribution in [2.45, 2.75) is 51.0 Å². The van der Waals surface area contributed by atoms with Crippen LogP contribution in [0.5, 0.6) is 11.5 Å². The molecule has 4 rings (SSSR count). The van der Waals surface area contributed by atoms with Crippen molar-refractivity contribution in [3.05, 3.63) is 35.6 Å². The van der Waals surface area contributed by atoms with Crippen molar-refractivity contribution < 1.29 is 23.6 Å². The second-order valence-corrected chi connectivity index (χ2v) is 7.26. The van der Waals surface area contributed by atoms with Crippen LogP contribution in [0.1, 0.15) is 54.6 Å². The van der Waals surface area contributed by atoms with Crippen LogP contribution in [0.2, 0.25) is 0 Å². The Morgan fingerprint density at radius 2 is 2.07 bits per heavy atom. The molecule has 7 nitrogen and oxygen atoms in total. The van der Waals surface area contributed by atoms with E-state index in [4.69, 9.17) is 14.0 Å². The summed E-state index contributed by atoms with van der Waals surface area (Å²) in [6, 6.07) is 6.73. The van der Waals surface area contributed by atoms with Crippen molar-refractivity contribution in [1.82, 2.24) is 5.16 Å². The largest absolute Gasteiger partial charge is 0.486 e. The third kappa shape index (κ3) is 3.82. The molecule has 1 aromatic carbocycles. The number of fused-ring (bicyclic) bond motifs is 1. The summed E-state index contributed by atoms with van der Waals surface area (Å²) in [5.41, 5.74) is 0.212. The zero-order valence-corrected chi connectivity index (χ0v) is 15.2. The van der Waals surface area contributed by atoms with Gasteiger partial charge >= 0.3 is 0 Å². The molecule has 27 heavy (non-hydrogen) atoms. The summed E-state index contributed by atoms with van der Waals surface area (Å²) >= 11 is 0. The summed E-state index contributed by atoms with van der Waals surface area (Å²) in [5.74, 6) is 1.77. The maximum atomic E-state index is 12.5. The van der Waals surface area contributed by atoms with Gasteiger partial charge in [-0.25, -0.2) is 0 Å². The van der Waals surface area contributed by atoms with Crippen molar-refractivity contribution in [2.75, 3.05) is 11.9 Å². The van der Waals surface area contributed by atoms with Crippen LogP contribution in [0.4, 0.5) is 5.82 Å². The van der Waals surface area contributed by atoms with Crippen LogP contribution in [-0.2, 0) is 4.79 Å². The monoisotopic (exact) mass is 370 g/mol. The summed E-state index contributed by atoms with van der Waals surface area (Å²) in [4.78, 5) is 24.5. The van der Waals surface area contributed by atoms with Crippen LogP contribution < -0.4 is 14.8 Å². The van der Waals surface area contributed by atoms with Gasteiger partial charge in [0.2, 0.25) is 0 Å². The number of ether oxygens (including phenoxy) is 2. The molecule has 1 aliphatic heterocycles. The molecule has 2 aliphatic rings. The Kier molecular flexibility index (Phi) is 4.59. The molecule has 0 atom stereocenters. The first-order valence-electron chi connectivity index (χ1n) is 9.25. The molecule has 2 heterocycles. The lowest BCUT2D eigenvalue weighted by atomic mass is 9.78. The number of hydrogen-bond donors (Lipinski definition) is 1. The Bertz CT molecular complexity index is 867. The number of rotatable bonds is 4. The standard InChI is InChI=1S/C20H22N2O5/c1-13-9-18(22-27-13)21-19(24)12-25-14-5-6-15-16(23)11-20(26-17(15)10-14)7-3-2-4-8-20/h5-6,9-10H,2-4,7-8,11-12H2,1H3,(H,21,22,24). The summed E-state index contributed by atoms with van der Waals surface area (Å²) < 4.78 is 16.7. The number of aryl methyl sites for hydroxylation is 1. The SMILES string of the molecule is Cc1cc(NC(=O)COc2ccc3c(c2)OC2(CCCCC2)CC3=O)no1. The number of nitrogens with zero attached hydrogens (tertiary/aromatic N) is 1. The molecule has 2 aromatic rings. The van der Waals surface area contributed by atoms with Gasteiger partial charge in [0, 0.05) is 12.1 Å². The van der Waals surface area contributed by atoms with E-state index in [1.54, 1.807) is 31.2 Å². The van der Waals surface area contributed by atoms with Gasteiger partial charge in [0.05, 0.1) is 12.0 Å². The van der Waals surface area contributed by atoms with Gasteiger partial charge in [-0.2, -0.15) is 0 Å². The van der Waals surface area contributed by atoms with E-state index in [0.717, 1.165) is 25.7 Å². The molecule has 1 spiro atoms. The first-order chi connectivity index (χ1) is 13.0. The van der Waals surface area contributed by atoms with Gasteiger partial charge in [0.1, 0.15) is 22.9 Å². The molecule has 1 aromatic heterocycles. The average Bonchev–Trinajstić information content (AvgIpc) is 3.05. The molecule has 1 fully saturated rings. The molecule has 0 radical (unpaired) electrons. The van der Waals surface area contributed by atoms with Crippen molar-refractivity contribution in [3.63, 3.8) is 0 Å². The minimum Gasteiger partial charge on any atom is -0.486 e. The van der Waals surface area contributed by atoms with Crippen molar-refractivity contribution in [3.8, 4) is 11.5 Å². The fourth-order valence-corrected chi connectivity index (χ4v) is 3.79. The lowest BCUT2D eigenvalue weighted by Gasteiger charge is -2.40. The highest BCUT2D eigenvalue weighted by atomic mass is 16.5. The normalized spacial score (nSPS) is 17.9. The Morgan fingerprint density at radius 1 is 1.26 bits per heavy atom. The minimum absolute atomic E-state index is 0.115. The van der Waals surface area contributed by atoms with Crippen molar-refractivity contribution in [1.29, 1.82) is 0 Å². The summed E-state index contributed by atoms with van der Waals surface area (Å²) in [7, 11) is 0. The minimum atomic E-state index is -0.372. The zero-order valence-electron chi connectivity index (χ0n) is 15.2. The van der Waals surface area contributed by atoms with Crippen molar-refractivity contribution in [2.24, 2.45) is 0 Å². The molecule has 142 valence electrons. The first-order valence-corrected chi connectivity index (χ1v) is 9.25. The third-order valence-electron chi connectivity index (χ3n) is 5.09. The van der Waals surface area contributed by atoms with E-state index < -0.39 is 0 Å². The second kappa shape index (κ2) is 7.06. The molecular formula is C20H22N2O5. The van der Waals surface area contributed by atoms with E-state index in [1.165, 1.54) is 6.42 Å². The number of amides is 1. The average molecular weight is 370 g/mol. The fraction of sp³-hybridized carbons (Fsp3) is 0.450. The number of Topliss-reactive ketones (excluding diaryl/α,β-unsaturated/α-hetero) is 1. The van der Waals surface area contributed by atoms with E-state index in [-0.39, 0.29) is 23.9 Å². The highest BCUT2D eigenvalue weighted by Gasteiger charge is 2.41. The van der Waals surface area contributed by atoms with E-state index in [2.05, 4.69) is 10.5 Å². The van der Waals surface area contributed by atoms with Gasteiger partial charge in [0.25, 0.3) is 5.91 Å². The Hall–Kier alpha value is -2.83. The molecule has 1 saturated carbocycles. The molecule has 0 unspecified atom stereocenters. The molecule has 7 heteroatoms. The highest BCUT2D eigenvalue weighted by molar-refractivity contribution is 6.00. The molecule has 0 saturated heterocycles. The van der Waals surface area contributed by atoms with E-state index in [1.807, 2.05) is 0 Å². The van der Waals surface area contributed by atoms with Crippen LogP contribution in [-0.4, -0.2) is 29.1 Å². The first kappa shape index (κ1) is 17.6. The molecule has 1 aliphatic carbocycles. The molecule has 1 amide bonds. The number of aromatic nitrogens is 1. The lowest BCUT2D eigenvalue weighted by Crippen LogP contribution is -2.43. The predicted octanol–water partition coefficient (Wildman–Crippen LogP) is 3.67. The molecule has 1 N–H and O–H groups in total. The zero-order chi connectivity index (χ0) is 18.9. The van der Waals surface area contributed by atoms with Gasteiger partial charge in [-0.05, 0) is 44.7 Å². The molecular weight excluding hydrogens is 348 g/mol. The van der Waals surface area contributed by atoms with E-state index in [9.17, 15) is 9.59 Å². The van der Waals surface area contributed by atoms with Crippen LogP contribution in [0, 0.1) is 6.92 Å². The Labute approximate surface area is 157 Å². The fourth-order valence-electron chi connectivity index (χ4n) is 3.79. The number of nitrogens with one attached hydrogen (secondary N) is 1. The molecule has 0 bridgehead atoms. The van der Waals surface area contributed by atoms with Gasteiger partial charge < -0.3 is 19.3 Å². The number of carbonyl (C=O) groups excluding carboxylic acids is 2. The smallest absolute Gasteiger partial charge is 0.263 e. The quantitative estimate of drug-likeness (QED) is 0.883. The van der Waals surface area contributed by atoms with Gasteiger partial charge in [-0.1, -0.05) is 11.6 Å². The summed E-state index contributed by atoms with van der Waals surface area (Å²) in [6.45, 7) is 1.57. The second-order valence-electron chi connectivity index (χ2n) is 7.26. The highest BCUT2D eigenvalue weighted by Crippen LogP contribution is 2.42. The lowest BCUT2D eigenvalue weighted by molar-refractivity contribution is -0.118. The van der Waals surface area contributed by atoms with E-state index >= 15 is 0 Å². The predicted molar refractivity (Wildman–Crippen MR) is 97.2 cm³/mol.